The van der Waals surface area contributed by atoms with E-state index in [1.807, 2.05) is 0 Å². The van der Waals surface area contributed by atoms with E-state index in [0.29, 0.717) is 10.0 Å². The SMILES string of the molecule is COc1c(Br)cc(CCC(=O)O)cc1S(C)(=O)=O. The van der Waals surface area contributed by atoms with E-state index < -0.39 is 15.8 Å². The highest BCUT2D eigenvalue weighted by Crippen LogP contribution is 2.34. The van der Waals surface area contributed by atoms with Crippen LogP contribution >= 0.6 is 15.9 Å². The average molecular weight is 337 g/mol. The number of halogens is 1. The lowest BCUT2D eigenvalue weighted by Gasteiger charge is -2.11. The van der Waals surface area contributed by atoms with Crippen LogP contribution in [-0.2, 0) is 21.1 Å². The van der Waals surface area contributed by atoms with E-state index in [4.69, 9.17) is 9.84 Å². The van der Waals surface area contributed by atoms with Crippen molar-refractivity contribution in [2.24, 2.45) is 0 Å². The maximum absolute atomic E-state index is 11.6. The molecule has 1 rings (SSSR count). The number of methoxy groups -OCH3 is 1. The molecule has 1 aromatic carbocycles. The van der Waals surface area contributed by atoms with Crippen LogP contribution in [0.3, 0.4) is 0 Å². The number of ether oxygens (including phenoxy) is 1. The van der Waals surface area contributed by atoms with Gasteiger partial charge in [0, 0.05) is 12.7 Å². The zero-order valence-electron chi connectivity index (χ0n) is 9.94. The van der Waals surface area contributed by atoms with Crippen LogP contribution < -0.4 is 4.74 Å². The number of carboxylic acid groups (broad SMARTS) is 1. The largest absolute Gasteiger partial charge is 0.494 e. The Balaban J connectivity index is 3.27. The standard InChI is InChI=1S/C11H13BrO5S/c1-17-11-8(12)5-7(3-4-10(13)14)6-9(11)18(2,15)16/h5-6H,3-4H2,1-2H3,(H,13,14). The van der Waals surface area contributed by atoms with Gasteiger partial charge in [-0.3, -0.25) is 4.79 Å². The highest BCUT2D eigenvalue weighted by Gasteiger charge is 2.18. The summed E-state index contributed by atoms with van der Waals surface area (Å²) in [5.41, 5.74) is 0.630. The van der Waals surface area contributed by atoms with Gasteiger partial charge in [-0.25, -0.2) is 8.42 Å². The normalized spacial score (nSPS) is 11.3. The fourth-order valence-electron chi connectivity index (χ4n) is 1.49. The molecule has 0 radical (unpaired) electrons. The van der Waals surface area contributed by atoms with Crippen molar-refractivity contribution in [3.05, 3.63) is 22.2 Å². The summed E-state index contributed by atoms with van der Waals surface area (Å²) < 4.78 is 28.8. The summed E-state index contributed by atoms with van der Waals surface area (Å²) in [6.45, 7) is 0. The molecule has 0 unspecified atom stereocenters. The number of rotatable bonds is 5. The first kappa shape index (κ1) is 15.0. The summed E-state index contributed by atoms with van der Waals surface area (Å²) in [6, 6.07) is 3.11. The maximum Gasteiger partial charge on any atom is 0.303 e. The minimum Gasteiger partial charge on any atom is -0.494 e. The third-order valence-electron chi connectivity index (χ3n) is 2.30. The number of aryl methyl sites for hydroxylation is 1. The Hall–Kier alpha value is -1.08. The lowest BCUT2D eigenvalue weighted by molar-refractivity contribution is -0.136. The summed E-state index contributed by atoms with van der Waals surface area (Å²) >= 11 is 3.22. The molecule has 5 nitrogen and oxygen atoms in total. The second-order valence-corrected chi connectivity index (χ2v) is 6.61. The molecular weight excluding hydrogens is 324 g/mol. The van der Waals surface area contributed by atoms with Crippen molar-refractivity contribution in [3.63, 3.8) is 0 Å². The minimum atomic E-state index is -3.43. The quantitative estimate of drug-likeness (QED) is 0.887. The molecule has 1 aromatic rings. The molecule has 100 valence electrons. The summed E-state index contributed by atoms with van der Waals surface area (Å²) in [4.78, 5) is 10.6. The van der Waals surface area contributed by atoms with E-state index in [2.05, 4.69) is 15.9 Å². The number of aliphatic carboxylic acids is 1. The Morgan fingerprint density at radius 1 is 1.44 bits per heavy atom. The number of hydrogen-bond acceptors (Lipinski definition) is 4. The molecule has 0 bridgehead atoms. The number of carbonyl (C=O) groups is 1. The Morgan fingerprint density at radius 2 is 2.06 bits per heavy atom. The van der Waals surface area contributed by atoms with E-state index in [0.717, 1.165) is 6.26 Å². The maximum atomic E-state index is 11.6. The first-order valence-corrected chi connectivity index (χ1v) is 7.72. The van der Waals surface area contributed by atoms with Crippen molar-refractivity contribution in [1.82, 2.24) is 0 Å². The van der Waals surface area contributed by atoms with Gasteiger partial charge in [0.15, 0.2) is 15.6 Å². The zero-order chi connectivity index (χ0) is 13.9. The van der Waals surface area contributed by atoms with Gasteiger partial charge in [-0.05, 0) is 40.0 Å². The lowest BCUT2D eigenvalue weighted by atomic mass is 10.1. The van der Waals surface area contributed by atoms with E-state index >= 15 is 0 Å². The van der Waals surface area contributed by atoms with Gasteiger partial charge >= 0.3 is 5.97 Å². The second-order valence-electron chi connectivity index (χ2n) is 3.77. The molecule has 0 amide bonds. The molecule has 0 spiro atoms. The van der Waals surface area contributed by atoms with Gasteiger partial charge in [-0.1, -0.05) is 0 Å². The molecule has 0 aromatic heterocycles. The lowest BCUT2D eigenvalue weighted by Crippen LogP contribution is -2.04. The molecule has 0 atom stereocenters. The number of hydrogen-bond donors (Lipinski definition) is 1. The minimum absolute atomic E-state index is 0.0536. The smallest absolute Gasteiger partial charge is 0.303 e. The Labute approximate surface area is 114 Å². The van der Waals surface area contributed by atoms with Crippen LogP contribution in [0.25, 0.3) is 0 Å². The van der Waals surface area contributed by atoms with E-state index in [-0.39, 0.29) is 23.5 Å². The molecule has 0 saturated carbocycles. The van der Waals surface area contributed by atoms with Crippen LogP contribution in [0.1, 0.15) is 12.0 Å². The number of sulfone groups is 1. The van der Waals surface area contributed by atoms with Crippen LogP contribution in [0.5, 0.6) is 5.75 Å². The monoisotopic (exact) mass is 336 g/mol. The molecule has 0 aliphatic rings. The van der Waals surface area contributed by atoms with E-state index in [1.54, 1.807) is 6.07 Å². The number of carboxylic acids is 1. The highest BCUT2D eigenvalue weighted by molar-refractivity contribution is 9.10. The summed E-state index contributed by atoms with van der Waals surface area (Å²) in [5.74, 6) is -0.695. The molecule has 0 aliphatic heterocycles. The van der Waals surface area contributed by atoms with Crippen molar-refractivity contribution in [3.8, 4) is 5.75 Å². The summed E-state index contributed by atoms with van der Waals surface area (Å²) in [5, 5.41) is 8.62. The highest BCUT2D eigenvalue weighted by atomic mass is 79.9. The van der Waals surface area contributed by atoms with Crippen LogP contribution in [0.4, 0.5) is 0 Å². The van der Waals surface area contributed by atoms with Gasteiger partial charge in [-0.15, -0.1) is 0 Å². The molecule has 1 N–H and O–H groups in total. The van der Waals surface area contributed by atoms with Crippen LogP contribution in [0.15, 0.2) is 21.5 Å². The van der Waals surface area contributed by atoms with Gasteiger partial charge in [0.05, 0.1) is 11.6 Å². The summed E-state index contributed by atoms with van der Waals surface area (Å²) in [6.07, 6.45) is 1.29. The second kappa shape index (κ2) is 5.71. The fraction of sp³-hybridized carbons (Fsp3) is 0.364. The van der Waals surface area contributed by atoms with Gasteiger partial charge in [0.1, 0.15) is 4.90 Å². The van der Waals surface area contributed by atoms with Crippen LogP contribution in [0.2, 0.25) is 0 Å². The molecule has 0 saturated heterocycles. The van der Waals surface area contributed by atoms with E-state index in [9.17, 15) is 13.2 Å². The Bertz CT molecular complexity index is 565. The van der Waals surface area contributed by atoms with Crippen LogP contribution in [0, 0.1) is 0 Å². The van der Waals surface area contributed by atoms with Crippen molar-refractivity contribution >= 4 is 31.7 Å². The molecule has 0 heterocycles. The molecule has 0 fully saturated rings. The molecule has 7 heteroatoms. The predicted octanol–water partition coefficient (Wildman–Crippen LogP) is 1.88. The van der Waals surface area contributed by atoms with Crippen molar-refractivity contribution < 1.29 is 23.1 Å². The van der Waals surface area contributed by atoms with Gasteiger partial charge < -0.3 is 9.84 Å². The van der Waals surface area contributed by atoms with Crippen molar-refractivity contribution in [1.29, 1.82) is 0 Å². The summed E-state index contributed by atoms with van der Waals surface area (Å²) in [7, 11) is -2.05. The van der Waals surface area contributed by atoms with Gasteiger partial charge in [0.25, 0.3) is 0 Å². The van der Waals surface area contributed by atoms with Crippen molar-refractivity contribution in [2.75, 3.05) is 13.4 Å². The van der Waals surface area contributed by atoms with E-state index in [1.165, 1.54) is 13.2 Å². The van der Waals surface area contributed by atoms with Gasteiger partial charge in [-0.2, -0.15) is 0 Å². The average Bonchev–Trinajstić information content (AvgIpc) is 2.24. The first-order chi connectivity index (χ1) is 8.25. The molecule has 18 heavy (non-hydrogen) atoms. The topological polar surface area (TPSA) is 80.7 Å². The first-order valence-electron chi connectivity index (χ1n) is 5.04. The van der Waals surface area contributed by atoms with Crippen LogP contribution in [-0.4, -0.2) is 32.9 Å². The third kappa shape index (κ3) is 3.71. The van der Waals surface area contributed by atoms with Crippen molar-refractivity contribution in [2.45, 2.75) is 17.7 Å². The fourth-order valence-corrected chi connectivity index (χ4v) is 3.19. The zero-order valence-corrected chi connectivity index (χ0v) is 12.3. The number of benzene rings is 1. The Kier molecular flexibility index (Phi) is 4.75. The molecular formula is C11H13BrO5S. The predicted molar refractivity (Wildman–Crippen MR) is 69.8 cm³/mol. The van der Waals surface area contributed by atoms with Gasteiger partial charge in [0.2, 0.25) is 0 Å². The third-order valence-corrected chi connectivity index (χ3v) is 3.99. The molecule has 0 aliphatic carbocycles. The Morgan fingerprint density at radius 3 is 2.50 bits per heavy atom.